The van der Waals surface area contributed by atoms with E-state index in [0.717, 1.165) is 28.0 Å². The molecule has 0 fully saturated rings. The Bertz CT molecular complexity index is 1140. The molecule has 1 aliphatic rings. The fraction of sp³-hybridized carbons (Fsp3) is 0.160. The molecule has 3 rings (SSSR count). The zero-order valence-corrected chi connectivity index (χ0v) is 18.0. The highest BCUT2D eigenvalue weighted by Crippen LogP contribution is 2.24. The van der Waals surface area contributed by atoms with Gasteiger partial charge in [0.25, 0.3) is 5.91 Å². The van der Waals surface area contributed by atoms with E-state index in [1.54, 1.807) is 25.4 Å². The van der Waals surface area contributed by atoms with Crippen molar-refractivity contribution in [1.29, 1.82) is 5.41 Å². The molecule has 0 saturated heterocycles. The highest BCUT2D eigenvalue weighted by molar-refractivity contribution is 6.05. The monoisotopic (exact) mass is 413 g/mol. The van der Waals surface area contributed by atoms with Crippen LogP contribution in [0, 0.1) is 12.3 Å². The predicted octanol–water partition coefficient (Wildman–Crippen LogP) is 4.62. The molecule has 1 aliphatic heterocycles. The number of rotatable bonds is 4. The quantitative estimate of drug-likeness (QED) is 0.549. The lowest BCUT2D eigenvalue weighted by Crippen LogP contribution is -2.19. The van der Waals surface area contributed by atoms with Gasteiger partial charge in [-0.1, -0.05) is 36.4 Å². The number of allylic oxidation sites excluding steroid dienone is 4. The Morgan fingerprint density at radius 2 is 2.00 bits per heavy atom. The van der Waals surface area contributed by atoms with E-state index in [0.29, 0.717) is 29.2 Å². The molecule has 2 aromatic rings. The first kappa shape index (κ1) is 21.8. The number of fused-ring (bicyclic) bond motifs is 1. The van der Waals surface area contributed by atoms with E-state index in [1.807, 2.05) is 62.4 Å². The average Bonchev–Trinajstić information content (AvgIpc) is 2.72. The second kappa shape index (κ2) is 9.71. The molecule has 0 bridgehead atoms. The summed E-state index contributed by atoms with van der Waals surface area (Å²) in [4.78, 5) is 16.9. The fourth-order valence-electron chi connectivity index (χ4n) is 3.45. The molecule has 2 heterocycles. The van der Waals surface area contributed by atoms with Crippen LogP contribution in [-0.2, 0) is 0 Å². The summed E-state index contributed by atoms with van der Waals surface area (Å²) in [6.07, 6.45) is 12.9. The van der Waals surface area contributed by atoms with Crippen LogP contribution in [0.4, 0.5) is 11.5 Å². The van der Waals surface area contributed by atoms with Crippen LogP contribution in [0.1, 0.15) is 40.9 Å². The highest BCUT2D eigenvalue weighted by atomic mass is 16.1. The minimum Gasteiger partial charge on any atom is -0.383 e. The lowest BCUT2D eigenvalue weighted by molar-refractivity contribution is 0.0969. The van der Waals surface area contributed by atoms with Crippen molar-refractivity contribution in [3.63, 3.8) is 0 Å². The van der Waals surface area contributed by atoms with Crippen LogP contribution in [0.2, 0.25) is 0 Å². The molecule has 1 aromatic carbocycles. The van der Waals surface area contributed by atoms with Gasteiger partial charge in [0, 0.05) is 35.9 Å². The molecular formula is C25H27N5O. The number of anilines is 2. The van der Waals surface area contributed by atoms with Gasteiger partial charge in [-0.3, -0.25) is 4.79 Å². The molecule has 0 saturated carbocycles. The van der Waals surface area contributed by atoms with E-state index in [9.17, 15) is 4.79 Å². The lowest BCUT2D eigenvalue weighted by Gasteiger charge is -2.16. The van der Waals surface area contributed by atoms with Crippen LogP contribution < -0.4 is 16.4 Å². The van der Waals surface area contributed by atoms with Gasteiger partial charge in [-0.2, -0.15) is 0 Å². The number of nitrogens with zero attached hydrogens (tertiary/aromatic N) is 1. The maximum Gasteiger partial charge on any atom is 0.256 e. The van der Waals surface area contributed by atoms with Crippen LogP contribution in [0.25, 0.3) is 6.08 Å². The average molecular weight is 414 g/mol. The van der Waals surface area contributed by atoms with Gasteiger partial charge in [-0.15, -0.1) is 0 Å². The van der Waals surface area contributed by atoms with Gasteiger partial charge in [0.05, 0.1) is 5.56 Å². The minimum atomic E-state index is -0.146. The molecule has 6 heteroatoms. The molecule has 0 atom stereocenters. The number of nitrogen functional groups attached to an aromatic ring is 1. The standard InChI is InChI=1S/C25H27N5O/c1-16-8-5-4-6-12-29-25(31)22-17(2)9-7-10-19(22)14-20(16)15-30-21-11-13-28-24(27)23(21)18(3)26/h4-14,26H,15H2,1-3H3,(H,29,31)(H3,27,28,30). The van der Waals surface area contributed by atoms with Crippen molar-refractivity contribution in [1.82, 2.24) is 10.3 Å². The third-order valence-electron chi connectivity index (χ3n) is 5.07. The Kier molecular flexibility index (Phi) is 6.82. The highest BCUT2D eigenvalue weighted by Gasteiger charge is 2.14. The van der Waals surface area contributed by atoms with Crippen LogP contribution in [0.5, 0.6) is 0 Å². The third kappa shape index (κ3) is 5.17. The normalized spacial score (nSPS) is 19.3. The fourth-order valence-corrected chi connectivity index (χ4v) is 3.45. The van der Waals surface area contributed by atoms with Crippen molar-refractivity contribution in [2.45, 2.75) is 20.8 Å². The molecule has 0 aliphatic carbocycles. The van der Waals surface area contributed by atoms with Gasteiger partial charge < -0.3 is 21.8 Å². The second-order valence-corrected chi connectivity index (χ2v) is 7.37. The van der Waals surface area contributed by atoms with Crippen molar-refractivity contribution in [2.24, 2.45) is 0 Å². The summed E-state index contributed by atoms with van der Waals surface area (Å²) in [7, 11) is 0. The number of nitrogens with two attached hydrogens (primary N) is 1. The zero-order chi connectivity index (χ0) is 22.4. The number of hydrogen-bond acceptors (Lipinski definition) is 5. The number of aryl methyl sites for hydroxylation is 1. The van der Waals surface area contributed by atoms with Crippen LogP contribution in [0.15, 0.2) is 72.1 Å². The van der Waals surface area contributed by atoms with Gasteiger partial charge in [-0.05, 0) is 61.3 Å². The molecule has 0 spiro atoms. The Balaban J connectivity index is 2.06. The Morgan fingerprint density at radius 3 is 2.77 bits per heavy atom. The number of carbonyl (C=O) groups excluding carboxylic acids is 1. The van der Waals surface area contributed by atoms with Crippen molar-refractivity contribution < 1.29 is 4.79 Å². The lowest BCUT2D eigenvalue weighted by atomic mass is 9.96. The first-order chi connectivity index (χ1) is 14.9. The smallest absolute Gasteiger partial charge is 0.256 e. The van der Waals surface area contributed by atoms with Crippen molar-refractivity contribution >= 4 is 29.2 Å². The van der Waals surface area contributed by atoms with E-state index >= 15 is 0 Å². The largest absolute Gasteiger partial charge is 0.383 e. The van der Waals surface area contributed by atoms with Crippen LogP contribution in [0.3, 0.4) is 0 Å². The van der Waals surface area contributed by atoms with Gasteiger partial charge in [0.15, 0.2) is 0 Å². The van der Waals surface area contributed by atoms with E-state index in [4.69, 9.17) is 11.1 Å². The summed E-state index contributed by atoms with van der Waals surface area (Å²) in [6.45, 7) is 6.15. The Hall–Kier alpha value is -3.93. The predicted molar refractivity (Wildman–Crippen MR) is 128 cm³/mol. The van der Waals surface area contributed by atoms with Crippen molar-refractivity contribution in [3.05, 3.63) is 94.4 Å². The molecule has 1 amide bonds. The molecule has 5 N–H and O–H groups in total. The first-order valence-corrected chi connectivity index (χ1v) is 10.0. The summed E-state index contributed by atoms with van der Waals surface area (Å²) >= 11 is 0. The molecule has 31 heavy (non-hydrogen) atoms. The number of carbonyl (C=O) groups is 1. The van der Waals surface area contributed by atoms with Gasteiger partial charge in [-0.25, -0.2) is 4.98 Å². The number of aromatic nitrogens is 1. The number of hydrogen-bond donors (Lipinski definition) is 4. The van der Waals surface area contributed by atoms with Crippen molar-refractivity contribution in [2.75, 3.05) is 17.6 Å². The van der Waals surface area contributed by atoms with E-state index in [1.165, 1.54) is 0 Å². The summed E-state index contributed by atoms with van der Waals surface area (Å²) in [6, 6.07) is 7.64. The van der Waals surface area contributed by atoms with E-state index in [-0.39, 0.29) is 5.91 Å². The topological polar surface area (TPSA) is 104 Å². The zero-order valence-electron chi connectivity index (χ0n) is 18.0. The SMILES string of the molecule is CC(=N)c1c(NCC2=C/c3cccc(C)c3C(=O)N/C=C/C=C/C=C\2C)ccnc1N. The Morgan fingerprint density at radius 1 is 1.19 bits per heavy atom. The summed E-state index contributed by atoms with van der Waals surface area (Å²) < 4.78 is 0. The van der Waals surface area contributed by atoms with Gasteiger partial charge in [0.1, 0.15) is 5.82 Å². The summed E-state index contributed by atoms with van der Waals surface area (Å²) in [5.74, 6) is 0.178. The van der Waals surface area contributed by atoms with Crippen LogP contribution in [-0.4, -0.2) is 23.1 Å². The third-order valence-corrected chi connectivity index (χ3v) is 5.07. The number of nitrogens with one attached hydrogen (secondary N) is 3. The Labute approximate surface area is 182 Å². The molecular weight excluding hydrogens is 386 g/mol. The van der Waals surface area contributed by atoms with Crippen molar-refractivity contribution in [3.8, 4) is 0 Å². The van der Waals surface area contributed by atoms with Gasteiger partial charge in [0.2, 0.25) is 0 Å². The van der Waals surface area contributed by atoms with E-state index in [2.05, 4.69) is 15.6 Å². The first-order valence-electron chi connectivity index (χ1n) is 10.0. The molecule has 0 radical (unpaired) electrons. The molecule has 158 valence electrons. The number of benzene rings is 1. The van der Waals surface area contributed by atoms with E-state index < -0.39 is 0 Å². The molecule has 1 aromatic heterocycles. The van der Waals surface area contributed by atoms with Gasteiger partial charge >= 0.3 is 0 Å². The second-order valence-electron chi connectivity index (χ2n) is 7.37. The maximum atomic E-state index is 12.8. The molecule has 0 unspecified atom stereocenters. The summed E-state index contributed by atoms with van der Waals surface area (Å²) in [5, 5.41) is 14.3. The van der Waals surface area contributed by atoms with Crippen LogP contribution >= 0.6 is 0 Å². The maximum absolute atomic E-state index is 12.8. The minimum absolute atomic E-state index is 0.146. The number of amides is 1. The molecule has 6 nitrogen and oxygen atoms in total. The number of pyridine rings is 1. The summed E-state index contributed by atoms with van der Waals surface area (Å²) in [5.41, 5.74) is 12.2.